The van der Waals surface area contributed by atoms with E-state index in [2.05, 4.69) is 26.1 Å². The average molecular weight is 332 g/mol. The standard InChI is InChI=1S/C14H24N2O3S2/c1-9-10(7-20-12(9)21(15,18)19)11(17)16-14(5,6)8-13(2,3)4/h7H,8H2,1-6H3,(H,16,17)(H2,15,18,19). The van der Waals surface area contributed by atoms with Gasteiger partial charge in [-0.1, -0.05) is 20.8 Å². The van der Waals surface area contributed by atoms with Gasteiger partial charge in [-0.2, -0.15) is 0 Å². The van der Waals surface area contributed by atoms with E-state index in [9.17, 15) is 13.2 Å². The van der Waals surface area contributed by atoms with Gasteiger partial charge in [0.1, 0.15) is 4.21 Å². The van der Waals surface area contributed by atoms with Crippen LogP contribution in [0.25, 0.3) is 0 Å². The fourth-order valence-corrected chi connectivity index (χ4v) is 4.66. The Labute approximate surface area is 131 Å². The number of nitrogens with one attached hydrogen (secondary N) is 1. The minimum atomic E-state index is -3.78. The summed E-state index contributed by atoms with van der Waals surface area (Å²) in [4.78, 5) is 12.4. The third-order valence-electron chi connectivity index (χ3n) is 2.92. The van der Waals surface area contributed by atoms with Gasteiger partial charge in [-0.15, -0.1) is 11.3 Å². The molecule has 0 bridgehead atoms. The summed E-state index contributed by atoms with van der Waals surface area (Å²) >= 11 is 0.977. The first-order chi connectivity index (χ1) is 9.23. The van der Waals surface area contributed by atoms with Gasteiger partial charge in [-0.3, -0.25) is 4.79 Å². The van der Waals surface area contributed by atoms with E-state index < -0.39 is 10.0 Å². The predicted octanol–water partition coefficient (Wildman–Crippen LogP) is 2.65. The van der Waals surface area contributed by atoms with Crippen LogP contribution >= 0.6 is 11.3 Å². The molecule has 0 spiro atoms. The molecule has 0 aliphatic rings. The molecule has 0 radical (unpaired) electrons. The van der Waals surface area contributed by atoms with Gasteiger partial charge < -0.3 is 5.32 Å². The van der Waals surface area contributed by atoms with Crippen LogP contribution in [0.4, 0.5) is 0 Å². The van der Waals surface area contributed by atoms with Gasteiger partial charge in [0.05, 0.1) is 5.56 Å². The number of hydrogen-bond acceptors (Lipinski definition) is 4. The Kier molecular flexibility index (Phi) is 4.92. The van der Waals surface area contributed by atoms with Crippen molar-refractivity contribution in [1.29, 1.82) is 0 Å². The van der Waals surface area contributed by atoms with Crippen molar-refractivity contribution in [2.75, 3.05) is 0 Å². The quantitative estimate of drug-likeness (QED) is 0.888. The van der Waals surface area contributed by atoms with Crippen LogP contribution in [0.15, 0.2) is 9.59 Å². The van der Waals surface area contributed by atoms with Crippen LogP contribution in [0.2, 0.25) is 0 Å². The van der Waals surface area contributed by atoms with E-state index in [1.165, 1.54) is 5.38 Å². The van der Waals surface area contributed by atoms with Crippen molar-refractivity contribution in [2.24, 2.45) is 10.6 Å². The predicted molar refractivity (Wildman–Crippen MR) is 86.0 cm³/mol. The second kappa shape index (κ2) is 5.70. The maximum Gasteiger partial charge on any atom is 0.252 e. The van der Waals surface area contributed by atoms with Crippen LogP contribution in [-0.4, -0.2) is 19.9 Å². The van der Waals surface area contributed by atoms with E-state index in [1.54, 1.807) is 6.92 Å². The summed E-state index contributed by atoms with van der Waals surface area (Å²) in [6, 6.07) is 0. The lowest BCUT2D eigenvalue weighted by molar-refractivity contribution is 0.0891. The van der Waals surface area contributed by atoms with Crippen LogP contribution in [-0.2, 0) is 10.0 Å². The molecule has 0 saturated heterocycles. The molecular formula is C14H24N2O3S2. The molecule has 0 aliphatic heterocycles. The van der Waals surface area contributed by atoms with Crippen LogP contribution in [0, 0.1) is 12.3 Å². The van der Waals surface area contributed by atoms with Crippen molar-refractivity contribution in [3.63, 3.8) is 0 Å². The van der Waals surface area contributed by atoms with E-state index in [0.29, 0.717) is 11.1 Å². The van der Waals surface area contributed by atoms with E-state index in [4.69, 9.17) is 5.14 Å². The second-order valence-corrected chi connectivity index (χ2v) is 9.82. The molecule has 21 heavy (non-hydrogen) atoms. The molecule has 1 aromatic heterocycles. The first-order valence-corrected chi connectivity index (χ1v) is 9.09. The first-order valence-electron chi connectivity index (χ1n) is 6.66. The minimum Gasteiger partial charge on any atom is -0.347 e. The third-order valence-corrected chi connectivity index (χ3v) is 5.60. The minimum absolute atomic E-state index is 0.0428. The Bertz CT molecular complexity index is 638. The largest absolute Gasteiger partial charge is 0.347 e. The lowest BCUT2D eigenvalue weighted by Crippen LogP contribution is -2.45. The molecule has 0 saturated carbocycles. The van der Waals surface area contributed by atoms with Crippen LogP contribution in [0.1, 0.15) is 57.0 Å². The van der Waals surface area contributed by atoms with Gasteiger partial charge in [0.15, 0.2) is 0 Å². The van der Waals surface area contributed by atoms with Crippen LogP contribution in [0.5, 0.6) is 0 Å². The van der Waals surface area contributed by atoms with Crippen molar-refractivity contribution in [3.05, 3.63) is 16.5 Å². The summed E-state index contributed by atoms with van der Waals surface area (Å²) in [6.07, 6.45) is 0.803. The maximum atomic E-state index is 12.4. The molecule has 0 unspecified atom stereocenters. The van der Waals surface area contributed by atoms with Gasteiger partial charge in [0, 0.05) is 10.9 Å². The summed E-state index contributed by atoms with van der Waals surface area (Å²) < 4.78 is 22.9. The summed E-state index contributed by atoms with van der Waals surface area (Å²) in [5.74, 6) is -0.270. The molecule has 0 aliphatic carbocycles. The maximum absolute atomic E-state index is 12.4. The monoisotopic (exact) mass is 332 g/mol. The number of amides is 1. The molecule has 3 N–H and O–H groups in total. The molecule has 1 heterocycles. The molecule has 0 aromatic carbocycles. The number of rotatable bonds is 4. The highest BCUT2D eigenvalue weighted by Gasteiger charge is 2.29. The highest BCUT2D eigenvalue weighted by molar-refractivity contribution is 7.91. The normalized spacial score (nSPS) is 13.3. The second-order valence-electron chi connectivity index (χ2n) is 7.18. The van der Waals surface area contributed by atoms with Crippen molar-refractivity contribution >= 4 is 27.3 Å². The topological polar surface area (TPSA) is 89.3 Å². The zero-order valence-electron chi connectivity index (χ0n) is 13.4. The van der Waals surface area contributed by atoms with E-state index >= 15 is 0 Å². The highest BCUT2D eigenvalue weighted by Crippen LogP contribution is 2.29. The summed E-state index contributed by atoms with van der Waals surface area (Å²) in [6.45, 7) is 11.8. The molecule has 0 fully saturated rings. The van der Waals surface area contributed by atoms with Crippen LogP contribution in [0.3, 0.4) is 0 Å². The number of primary sulfonamides is 1. The average Bonchev–Trinajstić information content (AvgIpc) is 2.53. The number of carbonyl (C=O) groups excluding carboxylic acids is 1. The van der Waals surface area contributed by atoms with Gasteiger partial charge in [0.2, 0.25) is 10.0 Å². The molecule has 1 rings (SSSR count). The van der Waals surface area contributed by atoms with E-state index in [-0.39, 0.29) is 21.1 Å². The summed E-state index contributed by atoms with van der Waals surface area (Å²) in [5.41, 5.74) is 0.468. The van der Waals surface area contributed by atoms with Crippen LogP contribution < -0.4 is 10.5 Å². The zero-order chi connectivity index (χ0) is 16.6. The zero-order valence-corrected chi connectivity index (χ0v) is 15.0. The number of thiophene rings is 1. The summed E-state index contributed by atoms with van der Waals surface area (Å²) in [7, 11) is -3.78. The number of sulfonamides is 1. The fourth-order valence-electron chi connectivity index (χ4n) is 2.65. The third kappa shape index (κ3) is 5.09. The SMILES string of the molecule is Cc1c(C(=O)NC(C)(C)CC(C)(C)C)csc1S(N)(=O)=O. The molecule has 1 amide bonds. The Morgan fingerprint density at radius 3 is 2.19 bits per heavy atom. The van der Waals surface area contributed by atoms with E-state index in [0.717, 1.165) is 17.8 Å². The van der Waals surface area contributed by atoms with E-state index in [1.807, 2.05) is 13.8 Å². The van der Waals surface area contributed by atoms with Gasteiger partial charge in [-0.25, -0.2) is 13.6 Å². The lowest BCUT2D eigenvalue weighted by atomic mass is 9.81. The first kappa shape index (κ1) is 18.1. The van der Waals surface area contributed by atoms with Gasteiger partial charge >= 0.3 is 0 Å². The fraction of sp³-hybridized carbons (Fsp3) is 0.643. The Hall–Kier alpha value is -0.920. The molecule has 7 heteroatoms. The molecule has 5 nitrogen and oxygen atoms in total. The van der Waals surface area contributed by atoms with Crippen molar-refractivity contribution < 1.29 is 13.2 Å². The summed E-state index contributed by atoms with van der Waals surface area (Å²) in [5, 5.41) is 9.64. The van der Waals surface area contributed by atoms with Crippen molar-refractivity contribution in [1.82, 2.24) is 5.32 Å². The van der Waals surface area contributed by atoms with Gasteiger partial charge in [0.25, 0.3) is 5.91 Å². The number of carbonyl (C=O) groups is 1. The molecular weight excluding hydrogens is 308 g/mol. The smallest absolute Gasteiger partial charge is 0.252 e. The Balaban J connectivity index is 2.99. The molecule has 0 atom stereocenters. The Morgan fingerprint density at radius 2 is 1.81 bits per heavy atom. The Morgan fingerprint density at radius 1 is 1.29 bits per heavy atom. The molecule has 120 valence electrons. The molecule has 1 aromatic rings. The van der Waals surface area contributed by atoms with Crippen molar-refractivity contribution in [3.8, 4) is 0 Å². The van der Waals surface area contributed by atoms with Gasteiger partial charge in [-0.05, 0) is 38.2 Å². The van der Waals surface area contributed by atoms with Crippen molar-refractivity contribution in [2.45, 2.75) is 57.7 Å². The highest BCUT2D eigenvalue weighted by atomic mass is 32.2. The lowest BCUT2D eigenvalue weighted by Gasteiger charge is -2.33. The number of hydrogen-bond donors (Lipinski definition) is 2. The number of nitrogens with two attached hydrogens (primary N) is 1.